The number of anilines is 1. The van der Waals surface area contributed by atoms with Gasteiger partial charge in [-0.2, -0.15) is 0 Å². The topological polar surface area (TPSA) is 85.9 Å². The van der Waals surface area contributed by atoms with Gasteiger partial charge in [0.15, 0.2) is 5.16 Å². The number of aromatic nitrogens is 3. The zero-order chi connectivity index (χ0) is 13.4. The van der Waals surface area contributed by atoms with Gasteiger partial charge in [0, 0.05) is 10.9 Å². The number of para-hydroxylation sites is 1. The molecule has 0 atom stereocenters. The molecule has 0 radical (unpaired) electrons. The number of nitrogen functional groups attached to an aromatic ring is 1. The molecule has 1 aromatic heterocycles. The molecule has 7 heteroatoms. The van der Waals surface area contributed by atoms with Gasteiger partial charge in [-0.3, -0.25) is 4.57 Å². The number of H-pyrrole nitrogens is 1. The van der Waals surface area contributed by atoms with Crippen LogP contribution in [0.2, 0.25) is 0 Å². The Kier molecular flexibility index (Phi) is 2.98. The molecule has 0 amide bonds. The predicted molar refractivity (Wildman–Crippen MR) is 72.6 cm³/mol. The molecule has 19 heavy (non-hydrogen) atoms. The SMILES string of the molecule is COc1cccc(Sc2n[nH]c(=O)n2C2CC2)c1N. The second kappa shape index (κ2) is 4.65. The molecule has 0 unspecified atom stereocenters. The summed E-state index contributed by atoms with van der Waals surface area (Å²) < 4.78 is 6.88. The lowest BCUT2D eigenvalue weighted by atomic mass is 10.3. The third kappa shape index (κ3) is 2.21. The second-order valence-electron chi connectivity index (χ2n) is 4.39. The molecule has 3 rings (SSSR count). The number of aromatic amines is 1. The molecule has 1 saturated carbocycles. The smallest absolute Gasteiger partial charge is 0.344 e. The van der Waals surface area contributed by atoms with E-state index in [4.69, 9.17) is 10.5 Å². The largest absolute Gasteiger partial charge is 0.495 e. The molecule has 100 valence electrons. The highest BCUT2D eigenvalue weighted by Gasteiger charge is 2.29. The molecular weight excluding hydrogens is 264 g/mol. The summed E-state index contributed by atoms with van der Waals surface area (Å²) >= 11 is 1.38. The minimum atomic E-state index is -0.161. The van der Waals surface area contributed by atoms with Crippen LogP contribution < -0.4 is 16.2 Å². The highest BCUT2D eigenvalue weighted by Crippen LogP contribution is 2.40. The molecule has 2 aromatic rings. The first-order valence-corrected chi connectivity index (χ1v) is 6.79. The van der Waals surface area contributed by atoms with E-state index in [2.05, 4.69) is 10.2 Å². The minimum absolute atomic E-state index is 0.161. The van der Waals surface area contributed by atoms with Crippen LogP contribution in [0.4, 0.5) is 5.69 Å². The summed E-state index contributed by atoms with van der Waals surface area (Å²) in [7, 11) is 1.58. The predicted octanol–water partition coefficient (Wildman–Crippen LogP) is 1.65. The van der Waals surface area contributed by atoms with Crippen molar-refractivity contribution in [2.24, 2.45) is 0 Å². The zero-order valence-electron chi connectivity index (χ0n) is 10.4. The number of rotatable bonds is 4. The fourth-order valence-corrected chi connectivity index (χ4v) is 2.88. The van der Waals surface area contributed by atoms with Crippen molar-refractivity contribution in [3.63, 3.8) is 0 Å². The maximum Gasteiger partial charge on any atom is 0.344 e. The van der Waals surface area contributed by atoms with Gasteiger partial charge in [-0.15, -0.1) is 5.10 Å². The number of nitrogens with two attached hydrogens (primary N) is 1. The van der Waals surface area contributed by atoms with Crippen LogP contribution in [0, 0.1) is 0 Å². The third-order valence-electron chi connectivity index (χ3n) is 3.03. The molecule has 0 aliphatic heterocycles. The van der Waals surface area contributed by atoms with Gasteiger partial charge in [0.1, 0.15) is 5.75 Å². The van der Waals surface area contributed by atoms with Crippen LogP contribution in [-0.2, 0) is 0 Å². The Labute approximate surface area is 114 Å². The molecule has 1 fully saturated rings. The van der Waals surface area contributed by atoms with Gasteiger partial charge in [0.2, 0.25) is 0 Å². The average molecular weight is 278 g/mol. The highest BCUT2D eigenvalue weighted by molar-refractivity contribution is 7.99. The average Bonchev–Trinajstić information content (AvgIpc) is 3.17. The van der Waals surface area contributed by atoms with E-state index in [1.807, 2.05) is 12.1 Å². The Morgan fingerprint density at radius 1 is 1.53 bits per heavy atom. The summed E-state index contributed by atoms with van der Waals surface area (Å²) in [5.41, 5.74) is 6.42. The summed E-state index contributed by atoms with van der Waals surface area (Å²) in [6.07, 6.45) is 2.06. The van der Waals surface area contributed by atoms with Crippen LogP contribution in [0.15, 0.2) is 33.0 Å². The van der Waals surface area contributed by atoms with Crippen LogP contribution in [0.3, 0.4) is 0 Å². The fraction of sp³-hybridized carbons (Fsp3) is 0.333. The van der Waals surface area contributed by atoms with Crippen molar-refractivity contribution in [1.82, 2.24) is 14.8 Å². The van der Waals surface area contributed by atoms with Crippen molar-refractivity contribution in [2.45, 2.75) is 28.9 Å². The van der Waals surface area contributed by atoms with E-state index in [9.17, 15) is 4.79 Å². The summed E-state index contributed by atoms with van der Waals surface area (Å²) in [6, 6.07) is 5.83. The minimum Gasteiger partial charge on any atom is -0.495 e. The Balaban J connectivity index is 1.95. The summed E-state index contributed by atoms with van der Waals surface area (Å²) in [5, 5.41) is 7.20. The number of ether oxygens (including phenoxy) is 1. The summed E-state index contributed by atoms with van der Waals surface area (Å²) in [5.74, 6) is 0.626. The Bertz CT molecular complexity index is 660. The third-order valence-corrected chi connectivity index (χ3v) is 4.08. The Morgan fingerprint density at radius 3 is 3.00 bits per heavy atom. The molecule has 1 aliphatic rings. The number of benzene rings is 1. The van der Waals surface area contributed by atoms with Crippen molar-refractivity contribution < 1.29 is 4.74 Å². The van der Waals surface area contributed by atoms with E-state index in [0.717, 1.165) is 17.7 Å². The van der Waals surface area contributed by atoms with Gasteiger partial charge in [0.25, 0.3) is 0 Å². The van der Waals surface area contributed by atoms with E-state index < -0.39 is 0 Å². The van der Waals surface area contributed by atoms with Crippen molar-refractivity contribution in [3.8, 4) is 5.75 Å². The van der Waals surface area contributed by atoms with Crippen LogP contribution >= 0.6 is 11.8 Å². The lowest BCUT2D eigenvalue weighted by molar-refractivity contribution is 0.416. The van der Waals surface area contributed by atoms with E-state index >= 15 is 0 Å². The normalized spacial score (nSPS) is 14.6. The molecule has 0 spiro atoms. The van der Waals surface area contributed by atoms with Crippen molar-refractivity contribution in [3.05, 3.63) is 28.7 Å². The molecule has 1 aliphatic carbocycles. The van der Waals surface area contributed by atoms with Crippen LogP contribution in [-0.4, -0.2) is 21.9 Å². The number of hydrogen-bond acceptors (Lipinski definition) is 5. The molecule has 1 aromatic carbocycles. The standard InChI is InChI=1S/C12H14N4O2S/c1-18-8-3-2-4-9(10(8)13)19-12-15-14-11(17)16(12)7-5-6-7/h2-4,7H,5-6,13H2,1H3,(H,14,17). The molecule has 0 saturated heterocycles. The number of nitrogens with zero attached hydrogens (tertiary/aromatic N) is 2. The first-order valence-electron chi connectivity index (χ1n) is 5.98. The lowest BCUT2D eigenvalue weighted by Crippen LogP contribution is -2.16. The second-order valence-corrected chi connectivity index (χ2v) is 5.40. The monoisotopic (exact) mass is 278 g/mol. The number of methoxy groups -OCH3 is 1. The van der Waals surface area contributed by atoms with Gasteiger partial charge < -0.3 is 10.5 Å². The van der Waals surface area contributed by atoms with Crippen molar-refractivity contribution in [1.29, 1.82) is 0 Å². The van der Waals surface area contributed by atoms with Gasteiger partial charge in [-0.25, -0.2) is 9.89 Å². The van der Waals surface area contributed by atoms with Gasteiger partial charge >= 0.3 is 5.69 Å². The zero-order valence-corrected chi connectivity index (χ0v) is 11.2. The van der Waals surface area contributed by atoms with E-state index in [-0.39, 0.29) is 11.7 Å². The lowest BCUT2D eigenvalue weighted by Gasteiger charge is -2.09. The molecule has 6 nitrogen and oxygen atoms in total. The van der Waals surface area contributed by atoms with Crippen molar-refractivity contribution >= 4 is 17.4 Å². The van der Waals surface area contributed by atoms with Gasteiger partial charge in [0.05, 0.1) is 12.8 Å². The van der Waals surface area contributed by atoms with Crippen LogP contribution in [0.25, 0.3) is 0 Å². The maximum absolute atomic E-state index is 11.7. The maximum atomic E-state index is 11.7. The molecule has 0 bridgehead atoms. The van der Waals surface area contributed by atoms with E-state index in [1.165, 1.54) is 11.8 Å². The fourth-order valence-electron chi connectivity index (χ4n) is 1.91. The molecular formula is C12H14N4O2S. The number of nitrogens with one attached hydrogen (secondary N) is 1. The Hall–Kier alpha value is -1.89. The molecule has 3 N–H and O–H groups in total. The van der Waals surface area contributed by atoms with Crippen molar-refractivity contribution in [2.75, 3.05) is 12.8 Å². The van der Waals surface area contributed by atoms with Gasteiger partial charge in [-0.05, 0) is 36.7 Å². The van der Waals surface area contributed by atoms with E-state index in [1.54, 1.807) is 17.7 Å². The van der Waals surface area contributed by atoms with Crippen LogP contribution in [0.1, 0.15) is 18.9 Å². The van der Waals surface area contributed by atoms with E-state index in [0.29, 0.717) is 16.6 Å². The van der Waals surface area contributed by atoms with Gasteiger partial charge in [-0.1, -0.05) is 6.07 Å². The quantitative estimate of drug-likeness (QED) is 0.830. The molecule has 1 heterocycles. The van der Waals surface area contributed by atoms with Crippen LogP contribution in [0.5, 0.6) is 5.75 Å². The first kappa shape index (κ1) is 12.2. The summed E-state index contributed by atoms with van der Waals surface area (Å²) in [4.78, 5) is 12.5. The highest BCUT2D eigenvalue weighted by atomic mass is 32.2. The summed E-state index contributed by atoms with van der Waals surface area (Å²) in [6.45, 7) is 0. The Morgan fingerprint density at radius 2 is 2.32 bits per heavy atom. The number of hydrogen-bond donors (Lipinski definition) is 2. The first-order chi connectivity index (χ1) is 9.20.